The van der Waals surface area contributed by atoms with Gasteiger partial charge in [0.1, 0.15) is 12.1 Å². The standard InChI is InChI=1S/C14H29N2/c1-11(2)15-9-13-7-6-8-14(10-15)16(13,5)12(3)4/h11-14H,6-10H2,1-5H3/q+1. The highest BCUT2D eigenvalue weighted by atomic mass is 15.5. The Morgan fingerprint density at radius 1 is 1.00 bits per heavy atom. The highest BCUT2D eigenvalue weighted by Gasteiger charge is 2.49. The molecule has 2 aliphatic rings. The molecule has 2 saturated heterocycles. The smallest absolute Gasteiger partial charge is 0.102 e. The van der Waals surface area contributed by atoms with Gasteiger partial charge in [0.25, 0.3) is 0 Å². The lowest BCUT2D eigenvalue weighted by Crippen LogP contribution is -2.73. The average Bonchev–Trinajstić information content (AvgIpc) is 2.15. The molecule has 2 aliphatic heterocycles. The predicted octanol–water partition coefficient (Wildman–Crippen LogP) is 2.49. The van der Waals surface area contributed by atoms with E-state index in [-0.39, 0.29) is 0 Å². The van der Waals surface area contributed by atoms with Crippen LogP contribution in [0.3, 0.4) is 0 Å². The van der Waals surface area contributed by atoms with Crippen LogP contribution in [0.25, 0.3) is 0 Å². The SMILES string of the molecule is CC(C)N1CC2CCCC(C1)[N+]2(C)C(C)C. The number of piperidine rings is 1. The topological polar surface area (TPSA) is 3.24 Å². The molecule has 2 heteroatoms. The number of quaternary nitrogens is 1. The van der Waals surface area contributed by atoms with Crippen molar-refractivity contribution in [2.24, 2.45) is 0 Å². The fourth-order valence-electron chi connectivity index (χ4n) is 3.86. The Hall–Kier alpha value is -0.0800. The van der Waals surface area contributed by atoms with E-state index in [0.29, 0.717) is 0 Å². The summed E-state index contributed by atoms with van der Waals surface area (Å²) >= 11 is 0. The summed E-state index contributed by atoms with van der Waals surface area (Å²) in [6.07, 6.45) is 4.34. The summed E-state index contributed by atoms with van der Waals surface area (Å²) < 4.78 is 1.34. The minimum atomic E-state index is 0.726. The Balaban J connectivity index is 2.20. The largest absolute Gasteiger partial charge is 0.317 e. The fourth-order valence-corrected chi connectivity index (χ4v) is 3.86. The van der Waals surface area contributed by atoms with E-state index in [2.05, 4.69) is 39.6 Å². The molecule has 2 heterocycles. The summed E-state index contributed by atoms with van der Waals surface area (Å²) in [5, 5.41) is 0. The lowest BCUT2D eigenvalue weighted by Gasteiger charge is -2.59. The van der Waals surface area contributed by atoms with Gasteiger partial charge in [0, 0.05) is 18.9 Å². The molecule has 0 spiro atoms. The summed E-state index contributed by atoms with van der Waals surface area (Å²) in [5.41, 5.74) is 0. The molecule has 2 unspecified atom stereocenters. The molecule has 2 atom stereocenters. The molecule has 0 N–H and O–H groups in total. The minimum absolute atomic E-state index is 0.726. The van der Waals surface area contributed by atoms with Gasteiger partial charge in [-0.3, -0.25) is 4.90 Å². The van der Waals surface area contributed by atoms with Crippen LogP contribution in [0.1, 0.15) is 47.0 Å². The van der Waals surface area contributed by atoms with E-state index >= 15 is 0 Å². The van der Waals surface area contributed by atoms with Gasteiger partial charge >= 0.3 is 0 Å². The first kappa shape index (κ1) is 12.4. The third-order valence-corrected chi connectivity index (χ3v) is 5.38. The third-order valence-electron chi connectivity index (χ3n) is 5.38. The van der Waals surface area contributed by atoms with Crippen LogP contribution in [-0.2, 0) is 0 Å². The van der Waals surface area contributed by atoms with Gasteiger partial charge in [-0.2, -0.15) is 0 Å². The zero-order valence-corrected chi connectivity index (χ0v) is 11.7. The second-order valence-corrected chi connectivity index (χ2v) is 6.60. The molecule has 0 aromatic rings. The number of piperazine rings is 1. The van der Waals surface area contributed by atoms with E-state index in [9.17, 15) is 0 Å². The van der Waals surface area contributed by atoms with Crippen LogP contribution >= 0.6 is 0 Å². The van der Waals surface area contributed by atoms with Crippen LogP contribution in [0.4, 0.5) is 0 Å². The van der Waals surface area contributed by atoms with Crippen LogP contribution in [0.5, 0.6) is 0 Å². The van der Waals surface area contributed by atoms with Crippen LogP contribution in [0, 0.1) is 0 Å². The van der Waals surface area contributed by atoms with Crippen LogP contribution < -0.4 is 0 Å². The van der Waals surface area contributed by atoms with E-state index in [4.69, 9.17) is 0 Å². The van der Waals surface area contributed by atoms with Crippen LogP contribution in [0.15, 0.2) is 0 Å². The average molecular weight is 225 g/mol. The molecule has 2 bridgehead atoms. The number of nitrogens with zero attached hydrogens (tertiary/aromatic N) is 2. The maximum Gasteiger partial charge on any atom is 0.102 e. The highest BCUT2D eigenvalue weighted by Crippen LogP contribution is 2.37. The van der Waals surface area contributed by atoms with E-state index < -0.39 is 0 Å². The summed E-state index contributed by atoms with van der Waals surface area (Å²) in [4.78, 5) is 2.71. The van der Waals surface area contributed by atoms with Crippen molar-refractivity contribution in [3.63, 3.8) is 0 Å². The summed E-state index contributed by atoms with van der Waals surface area (Å²) in [5.74, 6) is 0. The van der Waals surface area contributed by atoms with Gasteiger partial charge in [-0.25, -0.2) is 0 Å². The summed E-state index contributed by atoms with van der Waals surface area (Å²) in [6, 6.07) is 3.28. The number of likely N-dealkylation sites (tertiary alicyclic amines) is 1. The van der Waals surface area contributed by atoms with E-state index in [1.165, 1.54) is 36.8 Å². The normalized spacial score (nSPS) is 40.7. The minimum Gasteiger partial charge on any atom is -0.317 e. The Labute approximate surface area is 101 Å². The van der Waals surface area contributed by atoms with Gasteiger partial charge in [0.15, 0.2) is 0 Å². The molecular weight excluding hydrogens is 196 g/mol. The monoisotopic (exact) mass is 225 g/mol. The molecule has 0 aromatic heterocycles. The Kier molecular flexibility index (Phi) is 3.33. The quantitative estimate of drug-likeness (QED) is 0.653. The van der Waals surface area contributed by atoms with Gasteiger partial charge in [0.05, 0.1) is 26.2 Å². The maximum atomic E-state index is 2.71. The van der Waals surface area contributed by atoms with Crippen molar-refractivity contribution in [2.45, 2.75) is 71.1 Å². The molecule has 2 nitrogen and oxygen atoms in total. The summed E-state index contributed by atoms with van der Waals surface area (Å²) in [6.45, 7) is 12.2. The lowest BCUT2D eigenvalue weighted by molar-refractivity contribution is -0.984. The second kappa shape index (κ2) is 4.30. The van der Waals surface area contributed by atoms with Gasteiger partial charge in [-0.15, -0.1) is 0 Å². The predicted molar refractivity (Wildman–Crippen MR) is 69.5 cm³/mol. The Morgan fingerprint density at radius 2 is 1.50 bits per heavy atom. The molecule has 0 aliphatic carbocycles. The first-order valence-corrected chi connectivity index (χ1v) is 7.05. The number of fused-ring (bicyclic) bond motifs is 2. The first-order chi connectivity index (χ1) is 7.46. The molecule has 0 aromatic carbocycles. The Morgan fingerprint density at radius 3 is 1.88 bits per heavy atom. The van der Waals surface area contributed by atoms with Gasteiger partial charge in [0.2, 0.25) is 0 Å². The molecule has 2 fully saturated rings. The van der Waals surface area contributed by atoms with Crippen molar-refractivity contribution in [1.29, 1.82) is 0 Å². The summed E-state index contributed by atoms with van der Waals surface area (Å²) in [7, 11) is 2.51. The van der Waals surface area contributed by atoms with Gasteiger partial charge in [-0.05, 0) is 34.1 Å². The van der Waals surface area contributed by atoms with Crippen molar-refractivity contribution in [1.82, 2.24) is 4.90 Å². The maximum absolute atomic E-state index is 2.71. The Bertz CT molecular complexity index is 233. The van der Waals surface area contributed by atoms with Crippen molar-refractivity contribution in [3.8, 4) is 0 Å². The van der Waals surface area contributed by atoms with Crippen molar-refractivity contribution in [2.75, 3.05) is 20.1 Å². The molecule has 94 valence electrons. The van der Waals surface area contributed by atoms with Gasteiger partial charge < -0.3 is 4.48 Å². The first-order valence-electron chi connectivity index (χ1n) is 7.05. The van der Waals surface area contributed by atoms with Crippen LogP contribution in [-0.4, -0.2) is 53.7 Å². The molecule has 2 rings (SSSR count). The molecule has 16 heavy (non-hydrogen) atoms. The zero-order chi connectivity index (χ0) is 11.9. The van der Waals surface area contributed by atoms with E-state index in [1.807, 2.05) is 0 Å². The number of hydrogen-bond acceptors (Lipinski definition) is 1. The van der Waals surface area contributed by atoms with Gasteiger partial charge in [-0.1, -0.05) is 0 Å². The molecular formula is C14H29N2+. The fraction of sp³-hybridized carbons (Fsp3) is 1.00. The third kappa shape index (κ3) is 1.80. The van der Waals surface area contributed by atoms with E-state index in [0.717, 1.165) is 24.2 Å². The van der Waals surface area contributed by atoms with Crippen molar-refractivity contribution in [3.05, 3.63) is 0 Å². The molecule has 0 amide bonds. The second-order valence-electron chi connectivity index (χ2n) is 6.60. The molecule has 0 saturated carbocycles. The lowest BCUT2D eigenvalue weighted by atomic mass is 9.86. The molecule has 0 radical (unpaired) electrons. The van der Waals surface area contributed by atoms with Crippen molar-refractivity contribution >= 4 is 0 Å². The van der Waals surface area contributed by atoms with E-state index in [1.54, 1.807) is 0 Å². The number of likely N-dealkylation sites (N-methyl/N-ethyl adjacent to an activating group) is 1. The number of rotatable bonds is 2. The number of hydrogen-bond donors (Lipinski definition) is 0. The van der Waals surface area contributed by atoms with Crippen molar-refractivity contribution < 1.29 is 4.48 Å². The highest BCUT2D eigenvalue weighted by molar-refractivity contribution is 4.86. The van der Waals surface area contributed by atoms with Crippen LogP contribution in [0.2, 0.25) is 0 Å². The zero-order valence-electron chi connectivity index (χ0n) is 11.7.